The molecule has 1 aromatic carbocycles. The Hall–Kier alpha value is -1.30. The summed E-state index contributed by atoms with van der Waals surface area (Å²) in [6.45, 7) is 0.983. The Balaban J connectivity index is 3.15. The van der Waals surface area contributed by atoms with E-state index >= 15 is 0 Å². The molecule has 0 fully saturated rings. The third-order valence-corrected chi connectivity index (χ3v) is 2.47. The Morgan fingerprint density at radius 3 is 2.00 bits per heavy atom. The highest BCUT2D eigenvalue weighted by Crippen LogP contribution is 2.31. The van der Waals surface area contributed by atoms with Crippen LogP contribution in [-0.2, 0) is 22.7 Å². The zero-order valence-electron chi connectivity index (χ0n) is 10.7. The first-order valence-electron chi connectivity index (χ1n) is 5.26. The number of ether oxygens (including phenoxy) is 3. The Kier molecular flexibility index (Phi) is 5.76. The lowest BCUT2D eigenvalue weighted by atomic mass is 10.1. The van der Waals surface area contributed by atoms with Gasteiger partial charge in [0, 0.05) is 18.2 Å². The topological polar surface area (TPSA) is 49.0 Å². The second kappa shape index (κ2) is 7.11. The summed E-state index contributed by atoms with van der Waals surface area (Å²) in [5, 5.41) is 0. The summed E-state index contributed by atoms with van der Waals surface area (Å²) in [6.07, 6.45) is 0. The van der Waals surface area contributed by atoms with E-state index in [-0.39, 0.29) is 0 Å². The van der Waals surface area contributed by atoms with E-state index in [0.29, 0.717) is 13.2 Å². The van der Waals surface area contributed by atoms with Crippen LogP contribution in [0.5, 0.6) is 11.5 Å². The maximum Gasteiger partial charge on any atom is 0.124 e. The van der Waals surface area contributed by atoms with Gasteiger partial charge in [0.1, 0.15) is 11.5 Å². The van der Waals surface area contributed by atoms with Gasteiger partial charge in [0.25, 0.3) is 0 Å². The first-order chi connectivity index (χ1) is 8.28. The van der Waals surface area contributed by atoms with E-state index in [0.717, 1.165) is 22.6 Å². The van der Waals surface area contributed by atoms with Crippen LogP contribution in [-0.4, -0.2) is 28.4 Å². The van der Waals surface area contributed by atoms with Crippen LogP contribution in [0.25, 0.3) is 0 Å². The molecule has 0 amide bonds. The molecule has 0 atom stereocenters. The molecule has 0 radical (unpaired) electrons. The van der Waals surface area contributed by atoms with Crippen LogP contribution in [0.3, 0.4) is 0 Å². The highest BCUT2D eigenvalue weighted by Gasteiger charge is 2.14. The molecule has 0 aromatic heterocycles. The monoisotopic (exact) mass is 241 g/mol. The van der Waals surface area contributed by atoms with Crippen molar-refractivity contribution in [1.29, 1.82) is 0 Å². The standard InChI is InChI=1S/C12H19NO4/c1-14-8-10-9(7-13-17-4)11(15-2)5-6-12(10)16-3/h5-6,13H,7-8H2,1-4H3. The van der Waals surface area contributed by atoms with Gasteiger partial charge in [-0.3, -0.25) is 0 Å². The SMILES string of the molecule is COCc1c(OC)ccc(OC)c1CNOC. The number of hydrogen-bond acceptors (Lipinski definition) is 5. The van der Waals surface area contributed by atoms with Crippen molar-refractivity contribution in [3.63, 3.8) is 0 Å². The van der Waals surface area contributed by atoms with Gasteiger partial charge in [0.15, 0.2) is 0 Å². The predicted molar refractivity (Wildman–Crippen MR) is 64.1 cm³/mol. The number of benzene rings is 1. The number of rotatable bonds is 7. The molecule has 5 nitrogen and oxygen atoms in total. The van der Waals surface area contributed by atoms with Crippen molar-refractivity contribution in [3.05, 3.63) is 23.3 Å². The minimum absolute atomic E-state index is 0.459. The van der Waals surface area contributed by atoms with Crippen molar-refractivity contribution in [1.82, 2.24) is 5.48 Å². The number of hydrogen-bond donors (Lipinski definition) is 1. The van der Waals surface area contributed by atoms with Crippen LogP contribution in [0, 0.1) is 0 Å². The van der Waals surface area contributed by atoms with Gasteiger partial charge in [-0.2, -0.15) is 5.48 Å². The molecule has 1 aromatic rings. The molecule has 17 heavy (non-hydrogen) atoms. The molecule has 0 saturated heterocycles. The van der Waals surface area contributed by atoms with Crippen molar-refractivity contribution in [2.75, 3.05) is 28.4 Å². The van der Waals surface area contributed by atoms with E-state index in [1.807, 2.05) is 12.1 Å². The van der Waals surface area contributed by atoms with E-state index in [9.17, 15) is 0 Å². The molecule has 0 bridgehead atoms. The third-order valence-electron chi connectivity index (χ3n) is 2.47. The minimum Gasteiger partial charge on any atom is -0.496 e. The van der Waals surface area contributed by atoms with Crippen LogP contribution < -0.4 is 15.0 Å². The summed E-state index contributed by atoms with van der Waals surface area (Å²) in [5.41, 5.74) is 4.72. The molecule has 0 saturated carbocycles. The average Bonchev–Trinajstić information content (AvgIpc) is 2.37. The Morgan fingerprint density at radius 2 is 1.53 bits per heavy atom. The molecule has 1 N–H and O–H groups in total. The second-order valence-corrected chi connectivity index (χ2v) is 3.39. The Bertz CT molecular complexity index is 355. The van der Waals surface area contributed by atoms with E-state index in [4.69, 9.17) is 19.0 Å². The quantitative estimate of drug-likeness (QED) is 0.733. The van der Waals surface area contributed by atoms with Crippen LogP contribution in [0.15, 0.2) is 12.1 Å². The fourth-order valence-electron chi connectivity index (χ4n) is 1.67. The van der Waals surface area contributed by atoms with Crippen LogP contribution in [0.2, 0.25) is 0 Å². The molecular weight excluding hydrogens is 222 g/mol. The van der Waals surface area contributed by atoms with Gasteiger partial charge in [-0.15, -0.1) is 0 Å². The molecule has 0 aliphatic heterocycles. The molecule has 0 unspecified atom stereocenters. The number of nitrogens with one attached hydrogen (secondary N) is 1. The summed E-state index contributed by atoms with van der Waals surface area (Å²) in [6, 6.07) is 3.73. The lowest BCUT2D eigenvalue weighted by Gasteiger charge is -2.16. The molecule has 96 valence electrons. The summed E-state index contributed by atoms with van der Waals surface area (Å²) in [7, 11) is 6.48. The Labute approximate surface area is 102 Å². The smallest absolute Gasteiger partial charge is 0.124 e. The van der Waals surface area contributed by atoms with Crippen molar-refractivity contribution in [3.8, 4) is 11.5 Å². The van der Waals surface area contributed by atoms with Crippen molar-refractivity contribution < 1.29 is 19.0 Å². The maximum atomic E-state index is 5.32. The van der Waals surface area contributed by atoms with Crippen molar-refractivity contribution in [2.24, 2.45) is 0 Å². The fraction of sp³-hybridized carbons (Fsp3) is 0.500. The summed E-state index contributed by atoms with van der Waals surface area (Å²) in [5.74, 6) is 1.56. The van der Waals surface area contributed by atoms with Crippen LogP contribution in [0.1, 0.15) is 11.1 Å². The Morgan fingerprint density at radius 1 is 0.941 bits per heavy atom. The highest BCUT2D eigenvalue weighted by atomic mass is 16.6. The molecule has 1 rings (SSSR count). The van der Waals surface area contributed by atoms with Gasteiger partial charge in [-0.1, -0.05) is 0 Å². The molecular formula is C12H19NO4. The summed E-state index contributed by atoms with van der Waals surface area (Å²) in [4.78, 5) is 4.86. The average molecular weight is 241 g/mol. The van der Waals surface area contributed by atoms with E-state index in [2.05, 4.69) is 5.48 Å². The fourth-order valence-corrected chi connectivity index (χ4v) is 1.67. The number of methoxy groups -OCH3 is 3. The lowest BCUT2D eigenvalue weighted by molar-refractivity contribution is 0.0851. The van der Waals surface area contributed by atoms with E-state index in [1.165, 1.54) is 0 Å². The second-order valence-electron chi connectivity index (χ2n) is 3.39. The van der Waals surface area contributed by atoms with Gasteiger partial charge < -0.3 is 19.0 Å². The van der Waals surface area contributed by atoms with Gasteiger partial charge in [-0.25, -0.2) is 0 Å². The maximum absolute atomic E-state index is 5.32. The van der Waals surface area contributed by atoms with Gasteiger partial charge >= 0.3 is 0 Å². The lowest BCUT2D eigenvalue weighted by Crippen LogP contribution is -2.14. The predicted octanol–water partition coefficient (Wildman–Crippen LogP) is 1.50. The van der Waals surface area contributed by atoms with E-state index < -0.39 is 0 Å². The van der Waals surface area contributed by atoms with E-state index in [1.54, 1.807) is 28.4 Å². The normalized spacial score (nSPS) is 10.4. The van der Waals surface area contributed by atoms with Crippen LogP contribution >= 0.6 is 0 Å². The van der Waals surface area contributed by atoms with Crippen LogP contribution in [0.4, 0.5) is 0 Å². The third kappa shape index (κ3) is 3.33. The first-order valence-corrected chi connectivity index (χ1v) is 5.26. The largest absolute Gasteiger partial charge is 0.496 e. The summed E-state index contributed by atoms with van der Waals surface area (Å²) < 4.78 is 15.8. The molecule has 0 aliphatic carbocycles. The summed E-state index contributed by atoms with van der Waals surface area (Å²) >= 11 is 0. The first kappa shape index (κ1) is 13.8. The molecule has 0 aliphatic rings. The van der Waals surface area contributed by atoms with Crippen molar-refractivity contribution in [2.45, 2.75) is 13.2 Å². The molecule has 0 spiro atoms. The van der Waals surface area contributed by atoms with Gasteiger partial charge in [0.05, 0.1) is 34.5 Å². The van der Waals surface area contributed by atoms with Gasteiger partial charge in [-0.05, 0) is 12.1 Å². The minimum atomic E-state index is 0.459. The van der Waals surface area contributed by atoms with Crippen molar-refractivity contribution >= 4 is 0 Å². The molecule has 0 heterocycles. The highest BCUT2D eigenvalue weighted by molar-refractivity contribution is 5.48. The zero-order valence-corrected chi connectivity index (χ0v) is 10.7. The molecule has 5 heteroatoms. The number of hydroxylamine groups is 1. The zero-order chi connectivity index (χ0) is 12.7. The van der Waals surface area contributed by atoms with Gasteiger partial charge in [0.2, 0.25) is 0 Å².